The van der Waals surface area contributed by atoms with E-state index in [1.54, 1.807) is 36.1 Å². The first-order valence-electron chi connectivity index (χ1n) is 15.7. The number of likely N-dealkylation sites (tertiary alicyclic amines) is 1. The van der Waals surface area contributed by atoms with Gasteiger partial charge in [0.05, 0.1) is 24.3 Å². The van der Waals surface area contributed by atoms with Crippen LogP contribution >= 0.6 is 0 Å². The molecule has 14 heteroatoms. The number of piperazine rings is 1. The molecule has 46 heavy (non-hydrogen) atoms. The third-order valence-corrected chi connectivity index (χ3v) is 7.89. The number of ether oxygens (including phenoxy) is 3. The molecule has 0 saturated carbocycles. The fraction of sp³-hybridized carbons (Fsp3) is 0.562. The van der Waals surface area contributed by atoms with E-state index in [1.165, 1.54) is 15.9 Å². The summed E-state index contributed by atoms with van der Waals surface area (Å²) in [7, 11) is 0. The van der Waals surface area contributed by atoms with E-state index in [-0.39, 0.29) is 81.8 Å². The fourth-order valence-corrected chi connectivity index (χ4v) is 5.54. The van der Waals surface area contributed by atoms with Gasteiger partial charge in [0.1, 0.15) is 17.5 Å². The average molecular weight is 642 g/mol. The van der Waals surface area contributed by atoms with Gasteiger partial charge in [-0.15, -0.1) is 0 Å². The lowest BCUT2D eigenvalue weighted by Crippen LogP contribution is -2.56. The second-order valence-electron chi connectivity index (χ2n) is 11.5. The summed E-state index contributed by atoms with van der Waals surface area (Å²) in [6.45, 7) is 7.73. The Kier molecular flexibility index (Phi) is 12.1. The van der Waals surface area contributed by atoms with Crippen molar-refractivity contribution in [1.29, 1.82) is 0 Å². The number of para-hydroxylation sites is 1. The molecule has 2 fully saturated rings. The van der Waals surface area contributed by atoms with Crippen LogP contribution in [0.5, 0.6) is 5.75 Å². The number of nitrogens with zero attached hydrogens (tertiary/aromatic N) is 4. The van der Waals surface area contributed by atoms with Gasteiger partial charge in [-0.1, -0.05) is 12.1 Å². The highest BCUT2D eigenvalue weighted by atomic mass is 16.6. The molecule has 0 bridgehead atoms. The monoisotopic (exact) mass is 641 g/mol. The second kappa shape index (κ2) is 16.2. The molecule has 4 amide bonds. The van der Waals surface area contributed by atoms with Crippen LogP contribution in [0.15, 0.2) is 30.3 Å². The van der Waals surface area contributed by atoms with Crippen molar-refractivity contribution in [2.24, 2.45) is 0 Å². The molecule has 14 nitrogen and oxygen atoms in total. The summed E-state index contributed by atoms with van der Waals surface area (Å²) in [6, 6.07) is 7.30. The van der Waals surface area contributed by atoms with Gasteiger partial charge in [0.2, 0.25) is 5.91 Å². The minimum atomic E-state index is -1.14. The molecule has 2 N–H and O–H groups in total. The number of pyridine rings is 1. The number of hydrogen-bond donors (Lipinski definition) is 2. The average Bonchev–Trinajstić information content (AvgIpc) is 3.05. The maximum Gasteiger partial charge on any atom is 0.409 e. The Bertz CT molecular complexity index is 1400. The largest absolute Gasteiger partial charge is 0.483 e. The predicted octanol–water partition coefficient (Wildman–Crippen LogP) is 2.29. The topological polar surface area (TPSA) is 168 Å². The maximum atomic E-state index is 13.5. The molecule has 2 aliphatic heterocycles. The molecule has 1 atom stereocenters. The third kappa shape index (κ3) is 9.28. The zero-order valence-corrected chi connectivity index (χ0v) is 26.6. The highest BCUT2D eigenvalue weighted by Crippen LogP contribution is 2.26. The number of nitrogens with one attached hydrogen (secondary N) is 1. The van der Waals surface area contributed by atoms with Crippen molar-refractivity contribution in [2.75, 3.05) is 52.5 Å². The van der Waals surface area contributed by atoms with Crippen LogP contribution in [0, 0.1) is 0 Å². The molecular weight excluding hydrogens is 598 g/mol. The van der Waals surface area contributed by atoms with Gasteiger partial charge >= 0.3 is 12.1 Å². The number of hydrogen-bond acceptors (Lipinski definition) is 9. The summed E-state index contributed by atoms with van der Waals surface area (Å²) in [4.78, 5) is 72.5. The number of fused-ring (bicyclic) bond motifs is 1. The van der Waals surface area contributed by atoms with Gasteiger partial charge in [0.15, 0.2) is 6.61 Å². The van der Waals surface area contributed by atoms with Crippen molar-refractivity contribution >= 4 is 40.7 Å². The van der Waals surface area contributed by atoms with E-state index >= 15 is 0 Å². The molecule has 0 unspecified atom stereocenters. The number of carbonyl (C=O) groups excluding carboxylic acids is 4. The Morgan fingerprint density at radius 2 is 1.65 bits per heavy atom. The van der Waals surface area contributed by atoms with Crippen molar-refractivity contribution in [1.82, 2.24) is 25.0 Å². The number of piperidine rings is 1. The van der Waals surface area contributed by atoms with E-state index in [2.05, 4.69) is 10.3 Å². The first-order valence-corrected chi connectivity index (χ1v) is 15.7. The zero-order chi connectivity index (χ0) is 33.2. The first-order chi connectivity index (χ1) is 22.0. The Balaban J connectivity index is 1.44. The number of amides is 4. The van der Waals surface area contributed by atoms with Crippen LogP contribution in [0.1, 0.15) is 56.9 Å². The molecule has 2 saturated heterocycles. The normalized spacial score (nSPS) is 16.3. The van der Waals surface area contributed by atoms with Gasteiger partial charge in [0, 0.05) is 57.1 Å². The molecule has 1 aromatic heterocycles. The molecule has 1 aromatic carbocycles. The SMILES string of the molecule is CCOC(=O)N1CCN(C(=O)[C@H](CCC(=O)O)NC(=O)c2cc(OCC(=O)N3CCC(OC(C)C)CC3)c3ccccc3n2)CC1. The van der Waals surface area contributed by atoms with E-state index in [1.807, 2.05) is 13.8 Å². The van der Waals surface area contributed by atoms with Gasteiger partial charge in [-0.05, 0) is 52.2 Å². The molecule has 4 rings (SSSR count). The van der Waals surface area contributed by atoms with Crippen molar-refractivity contribution in [3.8, 4) is 5.75 Å². The summed E-state index contributed by atoms with van der Waals surface area (Å²) in [5.74, 6) is -2.16. The lowest BCUT2D eigenvalue weighted by atomic mass is 10.1. The van der Waals surface area contributed by atoms with Gasteiger partial charge in [0.25, 0.3) is 11.8 Å². The molecule has 3 heterocycles. The number of aliphatic carboxylic acids is 1. The Labute approximate surface area is 267 Å². The maximum absolute atomic E-state index is 13.5. The van der Waals surface area contributed by atoms with Crippen molar-refractivity contribution < 1.29 is 43.3 Å². The summed E-state index contributed by atoms with van der Waals surface area (Å²) in [5.41, 5.74) is 0.404. The van der Waals surface area contributed by atoms with E-state index in [9.17, 15) is 29.1 Å². The molecule has 0 radical (unpaired) electrons. The molecule has 2 aliphatic rings. The third-order valence-electron chi connectivity index (χ3n) is 7.89. The Hall–Kier alpha value is -4.46. The number of rotatable bonds is 12. The summed E-state index contributed by atoms with van der Waals surface area (Å²) < 4.78 is 16.8. The van der Waals surface area contributed by atoms with Gasteiger partial charge in [-0.3, -0.25) is 19.2 Å². The van der Waals surface area contributed by atoms with E-state index in [0.29, 0.717) is 24.0 Å². The molecule has 2 aromatic rings. The van der Waals surface area contributed by atoms with Crippen LogP contribution in [0.3, 0.4) is 0 Å². The van der Waals surface area contributed by atoms with Crippen molar-refractivity contribution in [2.45, 2.75) is 64.7 Å². The molecule has 0 spiro atoms. The van der Waals surface area contributed by atoms with Crippen LogP contribution < -0.4 is 10.1 Å². The molecule has 0 aliphatic carbocycles. The van der Waals surface area contributed by atoms with E-state index in [4.69, 9.17) is 14.2 Å². The van der Waals surface area contributed by atoms with Gasteiger partial charge in [-0.2, -0.15) is 0 Å². The zero-order valence-electron chi connectivity index (χ0n) is 26.6. The standard InChI is InChI=1S/C32H43N5O9/c1-4-44-32(43)37-17-15-36(16-18-37)31(42)25(9-10-29(39)40)34-30(41)26-19-27(23-7-5-6-8-24(23)33-26)45-20-28(38)35-13-11-22(12-14-35)46-21(2)3/h5-8,19,21-22,25H,4,9-18,20H2,1-3H3,(H,34,41)(H,39,40)/t25-/m0/s1. The second-order valence-corrected chi connectivity index (χ2v) is 11.5. The summed E-state index contributed by atoms with van der Waals surface area (Å²) >= 11 is 0. The summed E-state index contributed by atoms with van der Waals surface area (Å²) in [6.07, 6.45) is 0.791. The number of benzene rings is 1. The van der Waals surface area contributed by atoms with Crippen molar-refractivity contribution in [3.05, 3.63) is 36.0 Å². The van der Waals surface area contributed by atoms with E-state index < -0.39 is 29.9 Å². The highest BCUT2D eigenvalue weighted by molar-refractivity contribution is 5.99. The number of carboxylic acids is 1. The van der Waals surface area contributed by atoms with Crippen molar-refractivity contribution in [3.63, 3.8) is 0 Å². The van der Waals surface area contributed by atoms with E-state index in [0.717, 1.165) is 12.8 Å². The molecular formula is C32H43N5O9. The highest BCUT2D eigenvalue weighted by Gasteiger charge is 2.31. The predicted molar refractivity (Wildman–Crippen MR) is 166 cm³/mol. The lowest BCUT2D eigenvalue weighted by Gasteiger charge is -2.35. The smallest absolute Gasteiger partial charge is 0.409 e. The minimum absolute atomic E-state index is 0.0481. The van der Waals surface area contributed by atoms with Crippen LogP contribution in [-0.2, 0) is 23.9 Å². The van der Waals surface area contributed by atoms with Crippen LogP contribution in [0.25, 0.3) is 10.9 Å². The molecule has 250 valence electrons. The number of carboxylic acid groups (broad SMARTS) is 1. The Morgan fingerprint density at radius 1 is 0.978 bits per heavy atom. The van der Waals surface area contributed by atoms with Crippen LogP contribution in [0.4, 0.5) is 4.79 Å². The lowest BCUT2D eigenvalue weighted by molar-refractivity contribution is -0.139. The fourth-order valence-electron chi connectivity index (χ4n) is 5.54. The number of carbonyl (C=O) groups is 5. The first kappa shape index (κ1) is 34.4. The Morgan fingerprint density at radius 3 is 2.30 bits per heavy atom. The number of aromatic nitrogens is 1. The van der Waals surface area contributed by atoms with Gasteiger partial charge in [-0.25, -0.2) is 9.78 Å². The van der Waals surface area contributed by atoms with Crippen LogP contribution in [0.2, 0.25) is 0 Å². The minimum Gasteiger partial charge on any atom is -0.483 e. The van der Waals surface area contributed by atoms with Crippen LogP contribution in [-0.4, -0.2) is 125 Å². The van der Waals surface area contributed by atoms with Gasteiger partial charge < -0.3 is 39.3 Å². The quantitative estimate of drug-likeness (QED) is 0.351. The summed E-state index contributed by atoms with van der Waals surface area (Å²) in [5, 5.41) is 12.6.